The van der Waals surface area contributed by atoms with Crippen LogP contribution in [0.15, 0.2) is 59.3 Å². The average Bonchev–Trinajstić information content (AvgIpc) is 3.40. The van der Waals surface area contributed by atoms with Crippen molar-refractivity contribution in [1.82, 2.24) is 20.7 Å². The van der Waals surface area contributed by atoms with Crippen LogP contribution >= 0.6 is 0 Å². The SMILES string of the molecule is CC(C)c1ccc(C(CO)NC(=O)c2cc(-c3ccc4[nH]ncc4c3)on2)cc1. The zero-order valence-corrected chi connectivity index (χ0v) is 16.2. The van der Waals surface area contributed by atoms with Gasteiger partial charge in [0.25, 0.3) is 5.91 Å². The zero-order chi connectivity index (χ0) is 20.4. The van der Waals surface area contributed by atoms with Crippen molar-refractivity contribution in [3.05, 3.63) is 71.5 Å². The third kappa shape index (κ3) is 3.90. The number of rotatable bonds is 6. The Morgan fingerprint density at radius 2 is 1.90 bits per heavy atom. The highest BCUT2D eigenvalue weighted by Crippen LogP contribution is 2.25. The number of hydrogen-bond donors (Lipinski definition) is 3. The lowest BCUT2D eigenvalue weighted by atomic mass is 9.99. The summed E-state index contributed by atoms with van der Waals surface area (Å²) in [7, 11) is 0. The molecule has 0 aliphatic rings. The molecule has 2 aromatic carbocycles. The lowest BCUT2D eigenvalue weighted by Crippen LogP contribution is -2.31. The molecular weight excluding hydrogens is 368 g/mol. The zero-order valence-electron chi connectivity index (χ0n) is 16.2. The minimum absolute atomic E-state index is 0.157. The van der Waals surface area contributed by atoms with E-state index in [1.54, 1.807) is 12.3 Å². The van der Waals surface area contributed by atoms with Crippen LogP contribution in [0.5, 0.6) is 0 Å². The molecule has 4 rings (SSSR count). The quantitative estimate of drug-likeness (QED) is 0.464. The summed E-state index contributed by atoms with van der Waals surface area (Å²) in [5.74, 6) is 0.498. The van der Waals surface area contributed by atoms with Crippen molar-refractivity contribution in [3.8, 4) is 11.3 Å². The molecule has 7 nitrogen and oxygen atoms in total. The minimum Gasteiger partial charge on any atom is -0.394 e. The van der Waals surface area contributed by atoms with Crippen LogP contribution in [0.25, 0.3) is 22.2 Å². The molecular formula is C22H22N4O3. The molecule has 29 heavy (non-hydrogen) atoms. The molecule has 0 saturated carbocycles. The maximum Gasteiger partial charge on any atom is 0.274 e. The number of hydrogen-bond acceptors (Lipinski definition) is 5. The van der Waals surface area contributed by atoms with Gasteiger partial charge in [-0.1, -0.05) is 43.3 Å². The van der Waals surface area contributed by atoms with E-state index in [4.69, 9.17) is 4.52 Å². The molecule has 7 heteroatoms. The topological polar surface area (TPSA) is 104 Å². The number of carbonyl (C=O) groups excluding carboxylic acids is 1. The van der Waals surface area contributed by atoms with Crippen LogP contribution in [-0.4, -0.2) is 33.0 Å². The van der Waals surface area contributed by atoms with E-state index in [-0.39, 0.29) is 12.3 Å². The highest BCUT2D eigenvalue weighted by Gasteiger charge is 2.19. The number of benzene rings is 2. The van der Waals surface area contributed by atoms with Gasteiger partial charge in [-0.25, -0.2) is 0 Å². The Kier molecular flexibility index (Phi) is 5.14. The minimum atomic E-state index is -0.522. The first-order valence-corrected chi connectivity index (χ1v) is 9.47. The predicted octanol–water partition coefficient (Wildman–Crippen LogP) is 3.80. The normalized spacial score (nSPS) is 12.4. The maximum absolute atomic E-state index is 12.6. The first kappa shape index (κ1) is 18.9. The molecule has 148 valence electrons. The Morgan fingerprint density at radius 1 is 1.14 bits per heavy atom. The first-order valence-electron chi connectivity index (χ1n) is 9.47. The van der Waals surface area contributed by atoms with Crippen molar-refractivity contribution in [2.45, 2.75) is 25.8 Å². The summed E-state index contributed by atoms with van der Waals surface area (Å²) in [6.45, 7) is 4.02. The van der Waals surface area contributed by atoms with Crippen molar-refractivity contribution in [1.29, 1.82) is 0 Å². The molecule has 2 heterocycles. The van der Waals surface area contributed by atoms with E-state index in [0.29, 0.717) is 11.7 Å². The van der Waals surface area contributed by atoms with Gasteiger partial charge in [-0.3, -0.25) is 9.89 Å². The summed E-state index contributed by atoms with van der Waals surface area (Å²) in [5.41, 5.74) is 3.91. The second-order valence-corrected chi connectivity index (χ2v) is 7.28. The smallest absolute Gasteiger partial charge is 0.274 e. The van der Waals surface area contributed by atoms with E-state index in [1.165, 1.54) is 5.56 Å². The van der Waals surface area contributed by atoms with Crippen molar-refractivity contribution >= 4 is 16.8 Å². The van der Waals surface area contributed by atoms with Crippen molar-refractivity contribution < 1.29 is 14.4 Å². The fourth-order valence-electron chi connectivity index (χ4n) is 3.19. The van der Waals surface area contributed by atoms with Gasteiger partial charge in [0, 0.05) is 17.0 Å². The van der Waals surface area contributed by atoms with Crippen molar-refractivity contribution in [3.63, 3.8) is 0 Å². The molecule has 3 N–H and O–H groups in total. The fourth-order valence-corrected chi connectivity index (χ4v) is 3.19. The Bertz CT molecular complexity index is 1130. The van der Waals surface area contributed by atoms with Gasteiger partial charge < -0.3 is 14.9 Å². The van der Waals surface area contributed by atoms with Crippen molar-refractivity contribution in [2.75, 3.05) is 6.61 Å². The van der Waals surface area contributed by atoms with Gasteiger partial charge in [0.2, 0.25) is 0 Å². The van der Waals surface area contributed by atoms with E-state index in [2.05, 4.69) is 34.5 Å². The van der Waals surface area contributed by atoms with Crippen LogP contribution in [-0.2, 0) is 0 Å². The Morgan fingerprint density at radius 3 is 2.62 bits per heavy atom. The molecule has 0 fully saturated rings. The number of aromatic amines is 1. The maximum atomic E-state index is 12.6. The molecule has 1 unspecified atom stereocenters. The highest BCUT2D eigenvalue weighted by atomic mass is 16.5. The Labute approximate surface area is 167 Å². The number of amides is 1. The summed E-state index contributed by atoms with van der Waals surface area (Å²) >= 11 is 0. The number of aromatic nitrogens is 3. The van der Waals surface area contributed by atoms with E-state index >= 15 is 0 Å². The van der Waals surface area contributed by atoms with Gasteiger partial charge in [0.05, 0.1) is 24.4 Å². The Balaban J connectivity index is 1.50. The summed E-state index contributed by atoms with van der Waals surface area (Å²) in [5, 5.41) is 24.3. The second-order valence-electron chi connectivity index (χ2n) is 7.28. The third-order valence-electron chi connectivity index (χ3n) is 4.96. The lowest BCUT2D eigenvalue weighted by molar-refractivity contribution is 0.0907. The molecule has 1 amide bonds. The van der Waals surface area contributed by atoms with Gasteiger partial charge in [-0.05, 0) is 35.2 Å². The molecule has 0 spiro atoms. The summed E-state index contributed by atoms with van der Waals surface area (Å²) in [4.78, 5) is 12.6. The number of H-pyrrole nitrogens is 1. The van der Waals surface area contributed by atoms with Gasteiger partial charge in [-0.2, -0.15) is 5.10 Å². The molecule has 2 aromatic heterocycles. The first-order chi connectivity index (χ1) is 14.0. The molecule has 0 aliphatic carbocycles. The van der Waals surface area contributed by atoms with Crippen LogP contribution in [0.1, 0.15) is 47.4 Å². The van der Waals surface area contributed by atoms with E-state index < -0.39 is 11.9 Å². The third-order valence-corrected chi connectivity index (χ3v) is 4.96. The number of nitrogens with one attached hydrogen (secondary N) is 2. The standard InChI is InChI=1S/C22H22N4O3/c1-13(2)14-3-5-15(6-4-14)20(12-27)24-22(28)19-10-21(29-26-19)16-7-8-18-17(9-16)11-23-25-18/h3-11,13,20,27H,12H2,1-2H3,(H,23,25)(H,24,28). The summed E-state index contributed by atoms with van der Waals surface area (Å²) in [6.07, 6.45) is 1.72. The van der Waals surface area contributed by atoms with E-state index in [0.717, 1.165) is 22.0 Å². The second kappa shape index (κ2) is 7.89. The molecule has 0 bridgehead atoms. The number of aliphatic hydroxyl groups is 1. The predicted molar refractivity (Wildman–Crippen MR) is 109 cm³/mol. The van der Waals surface area contributed by atoms with Gasteiger partial charge in [0.1, 0.15) is 0 Å². The lowest BCUT2D eigenvalue weighted by Gasteiger charge is -2.17. The molecule has 0 aliphatic heterocycles. The number of aliphatic hydroxyl groups excluding tert-OH is 1. The van der Waals surface area contributed by atoms with Crippen LogP contribution < -0.4 is 5.32 Å². The van der Waals surface area contributed by atoms with Crippen LogP contribution in [0.3, 0.4) is 0 Å². The number of carbonyl (C=O) groups is 1. The fraction of sp³-hybridized carbons (Fsp3) is 0.227. The number of nitrogens with zero attached hydrogens (tertiary/aromatic N) is 2. The van der Waals surface area contributed by atoms with Crippen LogP contribution in [0.2, 0.25) is 0 Å². The molecule has 4 aromatic rings. The van der Waals surface area contributed by atoms with Gasteiger partial charge >= 0.3 is 0 Å². The van der Waals surface area contributed by atoms with E-state index in [1.807, 2.05) is 42.5 Å². The van der Waals surface area contributed by atoms with Crippen LogP contribution in [0, 0.1) is 0 Å². The summed E-state index contributed by atoms with van der Waals surface area (Å²) in [6, 6.07) is 14.6. The molecule has 0 saturated heterocycles. The van der Waals surface area contributed by atoms with Crippen molar-refractivity contribution in [2.24, 2.45) is 0 Å². The van der Waals surface area contributed by atoms with E-state index in [9.17, 15) is 9.90 Å². The van der Waals surface area contributed by atoms with Gasteiger partial charge in [-0.15, -0.1) is 0 Å². The monoisotopic (exact) mass is 390 g/mol. The largest absolute Gasteiger partial charge is 0.394 e. The Hall–Kier alpha value is -3.45. The number of fused-ring (bicyclic) bond motifs is 1. The average molecular weight is 390 g/mol. The highest BCUT2D eigenvalue weighted by molar-refractivity contribution is 5.93. The van der Waals surface area contributed by atoms with Crippen LogP contribution in [0.4, 0.5) is 0 Å². The van der Waals surface area contributed by atoms with Gasteiger partial charge in [0.15, 0.2) is 11.5 Å². The summed E-state index contributed by atoms with van der Waals surface area (Å²) < 4.78 is 5.36. The molecule has 1 atom stereocenters. The molecule has 0 radical (unpaired) electrons.